The number of rotatable bonds is 4. The van der Waals surface area contributed by atoms with Crippen LogP contribution in [0.1, 0.15) is 22.9 Å². The summed E-state index contributed by atoms with van der Waals surface area (Å²) in [6, 6.07) is 5.38. The average molecular weight is 422 g/mol. The molecular formula is C21H26N8O2. The number of aryl methyl sites for hydroxylation is 4. The van der Waals surface area contributed by atoms with Crippen molar-refractivity contribution >= 4 is 11.7 Å². The molecule has 10 heteroatoms. The first-order chi connectivity index (χ1) is 14.8. The van der Waals surface area contributed by atoms with Crippen LogP contribution in [0.3, 0.4) is 0 Å². The Balaban J connectivity index is 1.44. The maximum atomic E-state index is 12.7. The zero-order valence-corrected chi connectivity index (χ0v) is 18.2. The fraction of sp³-hybridized carbons (Fsp3) is 0.429. The number of piperazine rings is 1. The highest BCUT2D eigenvalue weighted by molar-refractivity contribution is 5.76. The monoisotopic (exact) mass is 422 g/mol. The lowest BCUT2D eigenvalue weighted by atomic mass is 10.3. The van der Waals surface area contributed by atoms with Crippen LogP contribution in [0.25, 0.3) is 5.82 Å². The minimum absolute atomic E-state index is 0.000797. The Morgan fingerprint density at radius 1 is 0.935 bits per heavy atom. The maximum Gasteiger partial charge on any atom is 0.253 e. The van der Waals surface area contributed by atoms with E-state index in [0.29, 0.717) is 37.7 Å². The Kier molecular flexibility index (Phi) is 5.53. The molecule has 0 aliphatic carbocycles. The predicted octanol–water partition coefficient (Wildman–Crippen LogP) is 0.801. The molecule has 1 amide bonds. The predicted molar refractivity (Wildman–Crippen MR) is 115 cm³/mol. The third-order valence-electron chi connectivity index (χ3n) is 5.32. The number of hydrogen-bond acceptors (Lipinski definition) is 7. The minimum Gasteiger partial charge on any atom is -0.353 e. The molecule has 0 unspecified atom stereocenters. The van der Waals surface area contributed by atoms with Gasteiger partial charge in [0.2, 0.25) is 5.91 Å². The number of amides is 1. The highest BCUT2D eigenvalue weighted by Gasteiger charge is 2.23. The van der Waals surface area contributed by atoms with Gasteiger partial charge in [-0.1, -0.05) is 0 Å². The van der Waals surface area contributed by atoms with Crippen molar-refractivity contribution in [1.29, 1.82) is 0 Å². The molecule has 0 saturated carbocycles. The molecule has 0 bridgehead atoms. The molecule has 1 fully saturated rings. The van der Waals surface area contributed by atoms with Crippen LogP contribution in [0.5, 0.6) is 0 Å². The molecule has 0 aromatic carbocycles. The van der Waals surface area contributed by atoms with Gasteiger partial charge in [0.05, 0.1) is 12.0 Å². The van der Waals surface area contributed by atoms with Crippen LogP contribution in [0.4, 0.5) is 5.82 Å². The maximum absolute atomic E-state index is 12.7. The van der Waals surface area contributed by atoms with Crippen molar-refractivity contribution in [2.24, 2.45) is 0 Å². The van der Waals surface area contributed by atoms with E-state index in [2.05, 4.69) is 25.0 Å². The summed E-state index contributed by atoms with van der Waals surface area (Å²) in [5.41, 5.74) is 2.37. The van der Waals surface area contributed by atoms with Crippen LogP contribution in [0.2, 0.25) is 0 Å². The van der Waals surface area contributed by atoms with Crippen LogP contribution in [0.15, 0.2) is 29.3 Å². The number of carbonyl (C=O) groups is 1. The van der Waals surface area contributed by atoms with E-state index in [1.165, 1.54) is 17.0 Å². The number of hydrogen-bond donors (Lipinski definition) is 0. The van der Waals surface area contributed by atoms with Gasteiger partial charge in [0.1, 0.15) is 18.2 Å². The van der Waals surface area contributed by atoms with E-state index in [-0.39, 0.29) is 18.0 Å². The van der Waals surface area contributed by atoms with Gasteiger partial charge in [0, 0.05) is 49.7 Å². The highest BCUT2D eigenvalue weighted by Crippen LogP contribution is 2.19. The Bertz CT molecular complexity index is 1170. The van der Waals surface area contributed by atoms with Gasteiger partial charge in [-0.3, -0.25) is 14.2 Å². The summed E-state index contributed by atoms with van der Waals surface area (Å²) in [4.78, 5) is 41.8. The molecule has 0 N–H and O–H groups in total. The van der Waals surface area contributed by atoms with Crippen LogP contribution in [-0.4, -0.2) is 66.3 Å². The first-order valence-electron chi connectivity index (χ1n) is 10.3. The van der Waals surface area contributed by atoms with Crippen molar-refractivity contribution in [3.8, 4) is 5.82 Å². The molecule has 0 atom stereocenters. The molecule has 4 rings (SSSR count). The number of anilines is 1. The second-order valence-corrected chi connectivity index (χ2v) is 7.83. The molecule has 162 valence electrons. The van der Waals surface area contributed by atoms with E-state index in [9.17, 15) is 9.59 Å². The third-order valence-corrected chi connectivity index (χ3v) is 5.32. The zero-order chi connectivity index (χ0) is 22.1. The lowest BCUT2D eigenvalue weighted by Gasteiger charge is -2.35. The van der Waals surface area contributed by atoms with E-state index in [1.54, 1.807) is 11.8 Å². The number of carbonyl (C=O) groups excluding carboxylic acids is 1. The van der Waals surface area contributed by atoms with Crippen molar-refractivity contribution in [2.45, 2.75) is 34.2 Å². The Morgan fingerprint density at radius 2 is 1.65 bits per heavy atom. The average Bonchev–Trinajstić information content (AvgIpc) is 3.07. The molecular weight excluding hydrogens is 396 g/mol. The van der Waals surface area contributed by atoms with Gasteiger partial charge in [-0.05, 0) is 33.8 Å². The lowest BCUT2D eigenvalue weighted by molar-refractivity contribution is -0.132. The summed E-state index contributed by atoms with van der Waals surface area (Å²) in [5, 5.41) is 4.52. The van der Waals surface area contributed by atoms with Crippen molar-refractivity contribution in [2.75, 3.05) is 31.1 Å². The Hall–Kier alpha value is -3.56. The topological polar surface area (TPSA) is 102 Å². The Morgan fingerprint density at radius 3 is 2.29 bits per heavy atom. The van der Waals surface area contributed by atoms with E-state index in [4.69, 9.17) is 0 Å². The standard InChI is InChI=1S/C21H26N8O2/c1-14-10-20(30)28(13-22-14)12-21(31)27-7-5-26(6-8-27)18-11-19(24-17(4)23-18)29-16(3)9-15(2)25-29/h9-11,13H,5-8,12H2,1-4H3. The van der Waals surface area contributed by atoms with Gasteiger partial charge in [0.15, 0.2) is 5.82 Å². The van der Waals surface area contributed by atoms with Gasteiger partial charge in [-0.25, -0.2) is 19.6 Å². The molecule has 0 radical (unpaired) electrons. The minimum atomic E-state index is -0.215. The van der Waals surface area contributed by atoms with Crippen molar-refractivity contribution < 1.29 is 4.79 Å². The molecule has 1 aliphatic rings. The largest absolute Gasteiger partial charge is 0.353 e. The van der Waals surface area contributed by atoms with Crippen LogP contribution in [-0.2, 0) is 11.3 Å². The van der Waals surface area contributed by atoms with Gasteiger partial charge in [-0.15, -0.1) is 0 Å². The highest BCUT2D eigenvalue weighted by atomic mass is 16.2. The Labute approximate surface area is 180 Å². The fourth-order valence-corrected chi connectivity index (χ4v) is 3.73. The van der Waals surface area contributed by atoms with Gasteiger partial charge >= 0.3 is 0 Å². The molecule has 1 aliphatic heterocycles. The number of aromatic nitrogens is 6. The first-order valence-corrected chi connectivity index (χ1v) is 10.3. The number of nitrogens with zero attached hydrogens (tertiary/aromatic N) is 8. The fourth-order valence-electron chi connectivity index (χ4n) is 3.73. The van der Waals surface area contributed by atoms with Crippen LogP contribution < -0.4 is 10.5 Å². The smallest absolute Gasteiger partial charge is 0.253 e. The van der Waals surface area contributed by atoms with E-state index >= 15 is 0 Å². The summed E-state index contributed by atoms with van der Waals surface area (Å²) in [7, 11) is 0. The van der Waals surface area contributed by atoms with Crippen LogP contribution >= 0.6 is 0 Å². The van der Waals surface area contributed by atoms with Crippen LogP contribution in [0, 0.1) is 27.7 Å². The van der Waals surface area contributed by atoms with Crippen molar-refractivity contribution in [3.63, 3.8) is 0 Å². The van der Waals surface area contributed by atoms with E-state index in [1.807, 2.05) is 37.6 Å². The lowest BCUT2D eigenvalue weighted by Crippen LogP contribution is -2.50. The molecule has 31 heavy (non-hydrogen) atoms. The summed E-state index contributed by atoms with van der Waals surface area (Å²) < 4.78 is 3.16. The molecule has 10 nitrogen and oxygen atoms in total. The molecule has 0 spiro atoms. The van der Waals surface area contributed by atoms with Gasteiger partial charge in [0.25, 0.3) is 5.56 Å². The molecule has 3 aromatic rings. The third kappa shape index (κ3) is 4.47. The van der Waals surface area contributed by atoms with Crippen molar-refractivity contribution in [1.82, 2.24) is 34.2 Å². The normalized spacial score (nSPS) is 14.2. The SMILES string of the molecule is Cc1cc(=O)n(CC(=O)N2CCN(c3cc(-n4nc(C)cc4C)nc(C)n3)CC2)cn1. The zero-order valence-electron chi connectivity index (χ0n) is 18.2. The van der Waals surface area contributed by atoms with E-state index < -0.39 is 0 Å². The van der Waals surface area contributed by atoms with E-state index in [0.717, 1.165) is 23.0 Å². The summed E-state index contributed by atoms with van der Waals surface area (Å²) in [5.74, 6) is 2.14. The molecule has 1 saturated heterocycles. The summed E-state index contributed by atoms with van der Waals surface area (Å²) >= 11 is 0. The first kappa shape index (κ1) is 20.7. The summed E-state index contributed by atoms with van der Waals surface area (Å²) in [6.07, 6.45) is 1.43. The second kappa shape index (κ2) is 8.29. The van der Waals surface area contributed by atoms with Gasteiger partial charge < -0.3 is 9.80 Å². The van der Waals surface area contributed by atoms with Crippen molar-refractivity contribution in [3.05, 3.63) is 57.8 Å². The molecule has 3 aromatic heterocycles. The second-order valence-electron chi connectivity index (χ2n) is 7.83. The summed E-state index contributed by atoms with van der Waals surface area (Å²) in [6.45, 7) is 10.00. The molecule has 4 heterocycles. The quantitative estimate of drug-likeness (QED) is 0.613. The van der Waals surface area contributed by atoms with Gasteiger partial charge in [-0.2, -0.15) is 5.10 Å².